The number of carbonyl (C=O) groups is 1. The van der Waals surface area contributed by atoms with Gasteiger partial charge in [0.1, 0.15) is 0 Å². The maximum Gasteiger partial charge on any atom is 0.404 e. The predicted molar refractivity (Wildman–Crippen MR) is 25.1 cm³/mol. The Hall–Kier alpha value is 0.0362. The molecule has 0 bridgehead atoms. The number of hydrogen-bond donors (Lipinski definition) is 1. The first-order valence-corrected chi connectivity index (χ1v) is 1.11. The Bertz CT molecular complexity index is 46.8. The Kier molecular flexibility index (Phi) is 7.89. The average molecular weight is 101 g/mol. The topological polar surface area (TPSA) is 52.3 Å². The van der Waals surface area contributed by atoms with Gasteiger partial charge in [0.15, 0.2) is 0 Å². The minimum Gasteiger partial charge on any atom is -0.453 e. The second kappa shape index (κ2) is 5.04. The first-order chi connectivity index (χ1) is 2.27. The lowest BCUT2D eigenvalue weighted by molar-refractivity contribution is 0.182. The zero-order valence-corrected chi connectivity index (χ0v) is 2.89. The van der Waals surface area contributed by atoms with Crippen LogP contribution in [0, 0.1) is 0 Å². The van der Waals surface area contributed by atoms with Crippen molar-refractivity contribution in [3.05, 3.63) is 0 Å². The third kappa shape index (κ3) is 8.97. The smallest absolute Gasteiger partial charge is 0.404 e. The quantitative estimate of drug-likeness (QED) is 0.390. The molecule has 0 aliphatic heterocycles. The first kappa shape index (κ1) is 9.40. The van der Waals surface area contributed by atoms with Crippen molar-refractivity contribution in [1.82, 2.24) is 0 Å². The van der Waals surface area contributed by atoms with Gasteiger partial charge in [0.25, 0.3) is 0 Å². The molecule has 34 valence electrons. The van der Waals surface area contributed by atoms with Crippen LogP contribution in [-0.4, -0.2) is 36.3 Å². The summed E-state index contributed by atoms with van der Waals surface area (Å²) in [6, 6.07) is 0. The maximum absolute atomic E-state index is 9.37. The Morgan fingerprint density at radius 1 is 1.83 bits per heavy atom. The van der Waals surface area contributed by atoms with Crippen LogP contribution in [0.3, 0.4) is 0 Å². The lowest BCUT2D eigenvalue weighted by atomic mass is 11.3. The fourth-order valence-corrected chi connectivity index (χ4v) is 0. The molecule has 0 aromatic carbocycles. The molecule has 0 rings (SSSR count). The molecule has 0 fully saturated rings. The van der Waals surface area contributed by atoms with Crippen LogP contribution in [0.2, 0.25) is 0 Å². The number of carbonyl (C=O) groups excluding carboxylic acids is 1. The zero-order chi connectivity index (χ0) is 4.28. The van der Waals surface area contributed by atoms with Crippen molar-refractivity contribution in [1.29, 1.82) is 0 Å². The van der Waals surface area contributed by atoms with Gasteiger partial charge in [0, 0.05) is 0 Å². The van der Waals surface area contributed by atoms with Crippen molar-refractivity contribution in [2.75, 3.05) is 7.11 Å². The van der Waals surface area contributed by atoms with Gasteiger partial charge in [-0.25, -0.2) is 4.79 Å². The molecule has 0 aromatic heterocycles. The minimum absolute atomic E-state index is 0. The number of nitrogens with two attached hydrogens (primary N) is 1. The number of primary amides is 1. The van der Waals surface area contributed by atoms with Gasteiger partial charge >= 0.3 is 29.1 Å². The van der Waals surface area contributed by atoms with Crippen LogP contribution >= 0.6 is 0 Å². The van der Waals surface area contributed by atoms with E-state index in [0.29, 0.717) is 0 Å². The van der Waals surface area contributed by atoms with E-state index in [1.54, 1.807) is 0 Å². The predicted octanol–water partition coefficient (Wildman–Crippen LogP) is -1.20. The van der Waals surface area contributed by atoms with Crippen LogP contribution < -0.4 is 5.73 Å². The fraction of sp³-hybridized carbons (Fsp3) is 0.500. The van der Waals surface area contributed by atoms with E-state index in [1.165, 1.54) is 7.11 Å². The van der Waals surface area contributed by atoms with Crippen molar-refractivity contribution in [3.63, 3.8) is 0 Å². The summed E-state index contributed by atoms with van der Waals surface area (Å²) in [5, 5.41) is 0. The summed E-state index contributed by atoms with van der Waals surface area (Å²) < 4.78 is 3.89. The minimum atomic E-state index is -0.745. The van der Waals surface area contributed by atoms with Crippen LogP contribution in [0.15, 0.2) is 0 Å². The van der Waals surface area contributed by atoms with Gasteiger partial charge in [-0.15, -0.1) is 0 Å². The highest BCUT2D eigenvalue weighted by Crippen LogP contribution is 1.55. The van der Waals surface area contributed by atoms with Crippen LogP contribution in [-0.2, 0) is 4.74 Å². The highest BCUT2D eigenvalue weighted by molar-refractivity contribution is 5.75. The molecule has 0 heterocycles. The Labute approximate surface area is 52.0 Å². The van der Waals surface area contributed by atoms with Gasteiger partial charge in [-0.1, -0.05) is 0 Å². The molecule has 0 atom stereocenters. The second-order valence-electron chi connectivity index (χ2n) is 0.523. The van der Waals surface area contributed by atoms with E-state index in [9.17, 15) is 4.79 Å². The molecular formula is C2H7MgNO2. The molecule has 0 aromatic rings. The lowest BCUT2D eigenvalue weighted by Gasteiger charge is -1.81. The van der Waals surface area contributed by atoms with Crippen LogP contribution in [0.1, 0.15) is 0 Å². The van der Waals surface area contributed by atoms with Gasteiger partial charge in [-0.05, 0) is 0 Å². The molecule has 0 radical (unpaired) electrons. The maximum atomic E-state index is 9.37. The molecule has 3 nitrogen and oxygen atoms in total. The first-order valence-electron chi connectivity index (χ1n) is 1.11. The van der Waals surface area contributed by atoms with Gasteiger partial charge in [-0.3, -0.25) is 0 Å². The summed E-state index contributed by atoms with van der Waals surface area (Å²) in [7, 11) is 1.22. The van der Waals surface area contributed by atoms with Gasteiger partial charge in [0.05, 0.1) is 7.11 Å². The summed E-state index contributed by atoms with van der Waals surface area (Å²) in [6.45, 7) is 0. The van der Waals surface area contributed by atoms with Crippen molar-refractivity contribution in [2.24, 2.45) is 5.73 Å². The third-order valence-corrected chi connectivity index (χ3v) is 0.201. The van der Waals surface area contributed by atoms with E-state index in [0.717, 1.165) is 0 Å². The number of rotatable bonds is 0. The summed E-state index contributed by atoms with van der Waals surface area (Å²) >= 11 is 0. The molecule has 1 amide bonds. The van der Waals surface area contributed by atoms with E-state index in [1.807, 2.05) is 0 Å². The van der Waals surface area contributed by atoms with Gasteiger partial charge in [0.2, 0.25) is 0 Å². The summed E-state index contributed by atoms with van der Waals surface area (Å²) in [6.07, 6.45) is -0.745. The molecule has 2 N–H and O–H groups in total. The number of ether oxygens (including phenoxy) is 1. The molecule has 0 saturated heterocycles. The molecule has 6 heavy (non-hydrogen) atoms. The Morgan fingerprint density at radius 3 is 2.00 bits per heavy atom. The van der Waals surface area contributed by atoms with Gasteiger partial charge in [-0.2, -0.15) is 0 Å². The molecule has 0 aliphatic rings. The molecule has 4 heteroatoms. The van der Waals surface area contributed by atoms with Crippen LogP contribution in [0.4, 0.5) is 4.79 Å². The largest absolute Gasteiger partial charge is 0.453 e. The van der Waals surface area contributed by atoms with E-state index in [-0.39, 0.29) is 23.1 Å². The molecule has 0 unspecified atom stereocenters. The highest BCUT2D eigenvalue weighted by Gasteiger charge is 1.76. The molecule has 0 saturated carbocycles. The van der Waals surface area contributed by atoms with Crippen molar-refractivity contribution >= 4 is 29.1 Å². The van der Waals surface area contributed by atoms with Crippen LogP contribution in [0.5, 0.6) is 0 Å². The van der Waals surface area contributed by atoms with Crippen LogP contribution in [0.25, 0.3) is 0 Å². The van der Waals surface area contributed by atoms with Crippen molar-refractivity contribution < 1.29 is 9.53 Å². The summed E-state index contributed by atoms with van der Waals surface area (Å²) in [5.74, 6) is 0. The van der Waals surface area contributed by atoms with Crippen molar-refractivity contribution in [2.45, 2.75) is 0 Å². The average Bonchev–Trinajstić information content (AvgIpc) is 1.38. The van der Waals surface area contributed by atoms with Gasteiger partial charge < -0.3 is 10.5 Å². The molecular weight excluding hydrogens is 94.3 g/mol. The molecule has 0 spiro atoms. The normalized spacial score (nSPS) is 5.50. The Balaban J connectivity index is 0. The fourth-order valence-electron chi connectivity index (χ4n) is 0. The lowest BCUT2D eigenvalue weighted by Crippen LogP contribution is -2.08. The van der Waals surface area contributed by atoms with E-state index in [2.05, 4.69) is 10.5 Å². The summed E-state index contributed by atoms with van der Waals surface area (Å²) in [4.78, 5) is 9.37. The molecule has 0 aliphatic carbocycles. The monoisotopic (exact) mass is 101 g/mol. The van der Waals surface area contributed by atoms with Crippen molar-refractivity contribution in [3.8, 4) is 0 Å². The third-order valence-electron chi connectivity index (χ3n) is 0.201. The number of hydrogen-bond acceptors (Lipinski definition) is 2. The van der Waals surface area contributed by atoms with E-state index < -0.39 is 6.09 Å². The summed E-state index contributed by atoms with van der Waals surface area (Å²) in [5.41, 5.74) is 4.43. The highest BCUT2D eigenvalue weighted by atomic mass is 24.3. The SMILES string of the molecule is COC(N)=O.[MgH2]. The van der Waals surface area contributed by atoms with E-state index >= 15 is 0 Å². The second-order valence-corrected chi connectivity index (χ2v) is 0.523. The standard InChI is InChI=1S/C2H5NO2.Mg.2H/c1-5-2(3)4;;;/h1H3,(H2,3,4);;;. The number of amides is 1. The Morgan fingerprint density at radius 2 is 2.00 bits per heavy atom. The zero-order valence-electron chi connectivity index (χ0n) is 2.89. The number of methoxy groups -OCH3 is 1. The van der Waals surface area contributed by atoms with E-state index in [4.69, 9.17) is 0 Å².